The molecule has 0 spiro atoms. The largest absolute Gasteiger partial charge is 0.324 e. The van der Waals surface area contributed by atoms with Gasteiger partial charge in [-0.25, -0.2) is 9.37 Å². The quantitative estimate of drug-likeness (QED) is 0.768. The average Bonchev–Trinajstić information content (AvgIpc) is 2.60. The summed E-state index contributed by atoms with van der Waals surface area (Å²) in [5.74, 6) is -0.658. The van der Waals surface area contributed by atoms with Crippen molar-refractivity contribution in [2.24, 2.45) is 0 Å². The van der Waals surface area contributed by atoms with E-state index in [1.54, 1.807) is 12.1 Å². The summed E-state index contributed by atoms with van der Waals surface area (Å²) in [6.07, 6.45) is 1.33. The summed E-state index contributed by atoms with van der Waals surface area (Å²) in [5, 5.41) is 2.87. The zero-order valence-corrected chi connectivity index (χ0v) is 15.4. The highest BCUT2D eigenvalue weighted by Crippen LogP contribution is 2.22. The number of carbonyl (C=O) groups excluding carboxylic acids is 1. The summed E-state index contributed by atoms with van der Waals surface area (Å²) in [7, 11) is 0. The van der Waals surface area contributed by atoms with Crippen LogP contribution in [0.1, 0.15) is 16.7 Å². The molecule has 0 saturated carbocycles. The van der Waals surface area contributed by atoms with Crippen molar-refractivity contribution in [2.75, 3.05) is 5.32 Å². The molecule has 0 bridgehead atoms. The first kappa shape index (κ1) is 18.5. The molecule has 1 N–H and O–H groups in total. The van der Waals surface area contributed by atoms with Gasteiger partial charge in [-0.15, -0.1) is 0 Å². The number of carbonyl (C=O) groups is 1. The summed E-state index contributed by atoms with van der Waals surface area (Å²) in [6, 6.07) is 11.0. The highest BCUT2D eigenvalue weighted by Gasteiger charge is 2.11. The molecule has 0 radical (unpaired) electrons. The maximum Gasteiger partial charge on any atom is 0.254 e. The van der Waals surface area contributed by atoms with E-state index in [1.807, 2.05) is 32.9 Å². The molecule has 2 aromatic carbocycles. The number of halogens is 1. The van der Waals surface area contributed by atoms with Crippen LogP contribution in [0.4, 0.5) is 10.1 Å². The fraction of sp³-hybridized carbons (Fsp3) is 0.190. The topological polar surface area (TPSA) is 64.0 Å². The number of hydrogen-bond donors (Lipinski definition) is 1. The van der Waals surface area contributed by atoms with E-state index in [2.05, 4.69) is 10.3 Å². The third-order valence-corrected chi connectivity index (χ3v) is 4.27. The van der Waals surface area contributed by atoms with Gasteiger partial charge in [-0.1, -0.05) is 17.7 Å². The minimum absolute atomic E-state index is 0.137. The molecule has 0 fully saturated rings. The van der Waals surface area contributed by atoms with Crippen LogP contribution in [0.25, 0.3) is 11.3 Å². The highest BCUT2D eigenvalue weighted by molar-refractivity contribution is 5.92. The lowest BCUT2D eigenvalue weighted by atomic mass is 10.1. The normalized spacial score (nSPS) is 10.7. The van der Waals surface area contributed by atoms with Gasteiger partial charge in [0, 0.05) is 17.3 Å². The predicted octanol–water partition coefficient (Wildman–Crippen LogP) is 3.61. The van der Waals surface area contributed by atoms with E-state index in [9.17, 15) is 14.0 Å². The Hall–Kier alpha value is -3.28. The van der Waals surface area contributed by atoms with Crippen LogP contribution < -0.4 is 10.9 Å². The number of benzene rings is 2. The first-order chi connectivity index (χ1) is 12.8. The van der Waals surface area contributed by atoms with Crippen LogP contribution in [0.2, 0.25) is 0 Å². The van der Waals surface area contributed by atoms with E-state index in [4.69, 9.17) is 0 Å². The fourth-order valence-corrected chi connectivity index (χ4v) is 3.03. The van der Waals surface area contributed by atoms with Crippen LogP contribution in [-0.2, 0) is 11.3 Å². The van der Waals surface area contributed by atoms with Gasteiger partial charge < -0.3 is 5.32 Å². The van der Waals surface area contributed by atoms with E-state index >= 15 is 0 Å². The zero-order valence-electron chi connectivity index (χ0n) is 15.4. The van der Waals surface area contributed by atoms with Crippen molar-refractivity contribution in [3.8, 4) is 11.3 Å². The second-order valence-electron chi connectivity index (χ2n) is 6.57. The van der Waals surface area contributed by atoms with E-state index in [0.717, 1.165) is 22.4 Å². The molecule has 1 amide bonds. The van der Waals surface area contributed by atoms with Crippen molar-refractivity contribution < 1.29 is 9.18 Å². The van der Waals surface area contributed by atoms with Gasteiger partial charge in [0.25, 0.3) is 5.56 Å². The van der Waals surface area contributed by atoms with Crippen molar-refractivity contribution in [2.45, 2.75) is 27.3 Å². The molecule has 5 nitrogen and oxygen atoms in total. The van der Waals surface area contributed by atoms with E-state index in [-0.39, 0.29) is 23.8 Å². The minimum atomic E-state index is -0.356. The molecule has 6 heteroatoms. The molecule has 27 heavy (non-hydrogen) atoms. The third kappa shape index (κ3) is 4.28. The lowest BCUT2D eigenvalue weighted by molar-refractivity contribution is -0.116. The molecule has 3 rings (SSSR count). The van der Waals surface area contributed by atoms with Gasteiger partial charge in [0.1, 0.15) is 12.4 Å². The Balaban J connectivity index is 1.77. The van der Waals surface area contributed by atoms with Gasteiger partial charge in [-0.2, -0.15) is 0 Å². The van der Waals surface area contributed by atoms with Crippen LogP contribution in [-0.4, -0.2) is 15.5 Å². The predicted molar refractivity (Wildman–Crippen MR) is 103 cm³/mol. The van der Waals surface area contributed by atoms with Crippen molar-refractivity contribution in [1.29, 1.82) is 0 Å². The number of rotatable bonds is 4. The first-order valence-corrected chi connectivity index (χ1v) is 8.53. The van der Waals surface area contributed by atoms with Crippen LogP contribution >= 0.6 is 0 Å². The Morgan fingerprint density at radius 3 is 2.30 bits per heavy atom. The van der Waals surface area contributed by atoms with Crippen LogP contribution in [0.15, 0.2) is 53.6 Å². The standard InChI is InChI=1S/C21H20FN3O2/c1-13-8-14(2)21(15(3)9-13)24-19(26)11-25-12-23-18(10-20(25)27)16-4-6-17(22)7-5-16/h4-10,12H,11H2,1-3H3,(H,24,26). The molecule has 138 valence electrons. The number of hydrogen-bond acceptors (Lipinski definition) is 3. The Morgan fingerprint density at radius 1 is 1.07 bits per heavy atom. The van der Waals surface area contributed by atoms with Crippen molar-refractivity contribution in [3.63, 3.8) is 0 Å². The van der Waals surface area contributed by atoms with E-state index in [1.165, 1.54) is 29.1 Å². The number of anilines is 1. The molecule has 0 unspecified atom stereocenters. The van der Waals surface area contributed by atoms with Crippen LogP contribution in [0.5, 0.6) is 0 Å². The Morgan fingerprint density at radius 2 is 1.70 bits per heavy atom. The van der Waals surface area contributed by atoms with E-state index < -0.39 is 0 Å². The number of aromatic nitrogens is 2. The third-order valence-electron chi connectivity index (χ3n) is 4.27. The zero-order chi connectivity index (χ0) is 19.6. The molecule has 3 aromatic rings. The fourth-order valence-electron chi connectivity index (χ4n) is 3.03. The Bertz CT molecular complexity index is 1030. The first-order valence-electron chi connectivity index (χ1n) is 8.53. The molecule has 0 aliphatic carbocycles. The molecular weight excluding hydrogens is 345 g/mol. The van der Waals surface area contributed by atoms with Gasteiger partial charge >= 0.3 is 0 Å². The number of aryl methyl sites for hydroxylation is 3. The summed E-state index contributed by atoms with van der Waals surface area (Å²) >= 11 is 0. The minimum Gasteiger partial charge on any atom is -0.324 e. The van der Waals surface area contributed by atoms with Gasteiger partial charge in [0.15, 0.2) is 0 Å². The Kier molecular flexibility index (Phi) is 5.16. The van der Waals surface area contributed by atoms with Gasteiger partial charge in [0.2, 0.25) is 5.91 Å². The lowest BCUT2D eigenvalue weighted by Gasteiger charge is -2.13. The second-order valence-corrected chi connectivity index (χ2v) is 6.57. The monoisotopic (exact) mass is 365 g/mol. The molecule has 1 heterocycles. The molecule has 1 aromatic heterocycles. The number of amides is 1. The molecular formula is C21H20FN3O2. The maximum absolute atomic E-state index is 13.0. The van der Waals surface area contributed by atoms with Gasteiger partial charge in [-0.3, -0.25) is 14.2 Å². The Labute approximate surface area is 156 Å². The van der Waals surface area contributed by atoms with Crippen molar-refractivity contribution in [3.05, 3.63) is 81.7 Å². The molecule has 0 atom stereocenters. The molecule has 0 aliphatic heterocycles. The highest BCUT2D eigenvalue weighted by atomic mass is 19.1. The summed E-state index contributed by atoms with van der Waals surface area (Å²) in [4.78, 5) is 28.9. The van der Waals surface area contributed by atoms with Crippen molar-refractivity contribution >= 4 is 11.6 Å². The smallest absolute Gasteiger partial charge is 0.254 e. The molecule has 0 saturated heterocycles. The van der Waals surface area contributed by atoms with Gasteiger partial charge in [-0.05, 0) is 56.2 Å². The summed E-state index contributed by atoms with van der Waals surface area (Å²) < 4.78 is 14.3. The van der Waals surface area contributed by atoms with E-state index in [0.29, 0.717) is 11.3 Å². The molecule has 0 aliphatic rings. The average molecular weight is 365 g/mol. The SMILES string of the molecule is Cc1cc(C)c(NC(=O)Cn2cnc(-c3ccc(F)cc3)cc2=O)c(C)c1. The summed E-state index contributed by atoms with van der Waals surface area (Å²) in [5.41, 5.74) is 4.54. The van der Waals surface area contributed by atoms with Crippen molar-refractivity contribution in [1.82, 2.24) is 9.55 Å². The second kappa shape index (κ2) is 7.53. The maximum atomic E-state index is 13.0. The summed E-state index contributed by atoms with van der Waals surface area (Å²) in [6.45, 7) is 5.73. The van der Waals surface area contributed by atoms with Crippen LogP contribution in [0, 0.1) is 26.6 Å². The van der Waals surface area contributed by atoms with Gasteiger partial charge in [0.05, 0.1) is 12.0 Å². The number of nitrogens with one attached hydrogen (secondary N) is 1. The van der Waals surface area contributed by atoms with Crippen LogP contribution in [0.3, 0.4) is 0 Å². The number of nitrogens with zero attached hydrogens (tertiary/aromatic N) is 2. The lowest BCUT2D eigenvalue weighted by Crippen LogP contribution is -2.28.